The molecule has 2 rings (SSSR count). The summed E-state index contributed by atoms with van der Waals surface area (Å²) in [6.45, 7) is 3.85. The van der Waals surface area contributed by atoms with E-state index in [1.54, 1.807) is 19.9 Å². The second-order valence-electron chi connectivity index (χ2n) is 4.42. The van der Waals surface area contributed by atoms with Crippen molar-refractivity contribution in [2.45, 2.75) is 20.4 Å². The molecule has 0 atom stereocenters. The predicted molar refractivity (Wildman–Crippen MR) is 75.5 cm³/mol. The first-order chi connectivity index (χ1) is 9.95. The molecule has 1 heterocycles. The van der Waals surface area contributed by atoms with E-state index >= 15 is 0 Å². The van der Waals surface area contributed by atoms with Gasteiger partial charge in [0, 0.05) is 6.54 Å². The molecular weight excluding hydrogens is 275 g/mol. The van der Waals surface area contributed by atoms with Crippen LogP contribution in [0.4, 0.5) is 10.1 Å². The minimum absolute atomic E-state index is 0.0969. The van der Waals surface area contributed by atoms with Crippen LogP contribution in [0.2, 0.25) is 0 Å². The van der Waals surface area contributed by atoms with E-state index in [2.05, 4.69) is 10.4 Å². The van der Waals surface area contributed by atoms with Crippen LogP contribution in [0.3, 0.4) is 0 Å². The van der Waals surface area contributed by atoms with E-state index in [9.17, 15) is 14.0 Å². The van der Waals surface area contributed by atoms with Crippen LogP contribution in [0.15, 0.2) is 24.3 Å². The number of carbonyl (C=O) groups is 2. The van der Waals surface area contributed by atoms with Crippen molar-refractivity contribution in [3.05, 3.63) is 47.0 Å². The number of nitrogens with two attached hydrogens (primary N) is 1. The molecule has 2 aromatic rings. The van der Waals surface area contributed by atoms with E-state index in [1.165, 1.54) is 22.9 Å². The zero-order valence-corrected chi connectivity index (χ0v) is 11.7. The summed E-state index contributed by atoms with van der Waals surface area (Å²) in [4.78, 5) is 23.7. The molecule has 0 saturated carbocycles. The molecule has 0 aliphatic carbocycles. The first-order valence-corrected chi connectivity index (χ1v) is 6.38. The Morgan fingerprint density at radius 1 is 1.38 bits per heavy atom. The summed E-state index contributed by atoms with van der Waals surface area (Å²) < 4.78 is 15.0. The van der Waals surface area contributed by atoms with E-state index in [0.29, 0.717) is 12.2 Å². The topological polar surface area (TPSA) is 90.0 Å². The molecule has 1 aromatic carbocycles. The molecular formula is C14H15FN4O2. The summed E-state index contributed by atoms with van der Waals surface area (Å²) >= 11 is 0. The number of carbonyl (C=O) groups excluding carboxylic acids is 2. The van der Waals surface area contributed by atoms with E-state index in [-0.39, 0.29) is 16.9 Å². The Morgan fingerprint density at radius 2 is 2.05 bits per heavy atom. The lowest BCUT2D eigenvalue weighted by atomic mass is 10.2. The Kier molecular flexibility index (Phi) is 4.02. The Morgan fingerprint density at radius 3 is 2.62 bits per heavy atom. The number of aryl methyl sites for hydroxylation is 2. The number of halogens is 1. The first-order valence-electron chi connectivity index (χ1n) is 6.38. The number of nitrogens with one attached hydrogen (secondary N) is 1. The van der Waals surface area contributed by atoms with Crippen molar-refractivity contribution >= 4 is 17.5 Å². The van der Waals surface area contributed by atoms with Gasteiger partial charge in [-0.3, -0.25) is 14.3 Å². The van der Waals surface area contributed by atoms with Crippen LogP contribution in [0.1, 0.15) is 33.5 Å². The van der Waals surface area contributed by atoms with E-state index < -0.39 is 17.6 Å². The number of anilines is 1. The van der Waals surface area contributed by atoms with Crippen molar-refractivity contribution in [3.8, 4) is 0 Å². The first kappa shape index (κ1) is 14.7. The highest BCUT2D eigenvalue weighted by Gasteiger charge is 2.22. The van der Waals surface area contributed by atoms with Gasteiger partial charge in [0.25, 0.3) is 11.8 Å². The predicted octanol–water partition coefficient (Wildman–Crippen LogP) is 1.70. The molecule has 1 aromatic heterocycles. The molecule has 2 amide bonds. The van der Waals surface area contributed by atoms with Crippen LogP contribution < -0.4 is 11.1 Å². The minimum Gasteiger partial charge on any atom is -0.364 e. The van der Waals surface area contributed by atoms with Crippen molar-refractivity contribution in [3.63, 3.8) is 0 Å². The highest BCUT2D eigenvalue weighted by atomic mass is 19.1. The van der Waals surface area contributed by atoms with Crippen LogP contribution in [-0.2, 0) is 6.54 Å². The minimum atomic E-state index is -0.707. The number of rotatable bonds is 4. The van der Waals surface area contributed by atoms with Crippen LogP contribution in [-0.4, -0.2) is 21.6 Å². The summed E-state index contributed by atoms with van der Waals surface area (Å²) in [6, 6.07) is 5.58. The molecule has 3 N–H and O–H groups in total. The van der Waals surface area contributed by atoms with E-state index in [0.717, 1.165) is 0 Å². The molecule has 0 unspecified atom stereocenters. The average molecular weight is 290 g/mol. The smallest absolute Gasteiger partial charge is 0.269 e. The fraction of sp³-hybridized carbons (Fsp3) is 0.214. The number of aromatic nitrogens is 2. The fourth-order valence-corrected chi connectivity index (χ4v) is 2.04. The third kappa shape index (κ3) is 2.76. The third-order valence-corrected chi connectivity index (χ3v) is 3.02. The number of hydrogen-bond acceptors (Lipinski definition) is 3. The van der Waals surface area contributed by atoms with Gasteiger partial charge in [-0.05, 0) is 26.0 Å². The molecule has 0 bridgehead atoms. The summed E-state index contributed by atoms with van der Waals surface area (Å²) in [5, 5.41) is 6.64. The SMILES string of the molecule is CCn1nc(C)c(NC(=O)c2ccccc2F)c1C(N)=O. The van der Waals surface area contributed by atoms with E-state index in [1.807, 2.05) is 0 Å². The highest BCUT2D eigenvalue weighted by Crippen LogP contribution is 2.21. The standard InChI is InChI=1S/C14H15FN4O2/c1-3-19-12(13(16)20)11(8(2)18-19)17-14(21)9-6-4-5-7-10(9)15/h4-7H,3H2,1-2H3,(H2,16,20)(H,17,21). The molecule has 0 aliphatic rings. The van der Waals surface area contributed by atoms with Gasteiger partial charge in [0.2, 0.25) is 0 Å². The second-order valence-corrected chi connectivity index (χ2v) is 4.42. The van der Waals surface area contributed by atoms with Gasteiger partial charge in [0.15, 0.2) is 0 Å². The van der Waals surface area contributed by atoms with Gasteiger partial charge in [-0.15, -0.1) is 0 Å². The molecule has 21 heavy (non-hydrogen) atoms. The van der Waals surface area contributed by atoms with Gasteiger partial charge in [0.05, 0.1) is 16.9 Å². The van der Waals surface area contributed by atoms with Crippen molar-refractivity contribution in [1.82, 2.24) is 9.78 Å². The van der Waals surface area contributed by atoms with Crippen molar-refractivity contribution < 1.29 is 14.0 Å². The molecule has 0 aliphatic heterocycles. The Balaban J connectivity index is 2.40. The maximum absolute atomic E-state index is 13.6. The number of amides is 2. The fourth-order valence-electron chi connectivity index (χ4n) is 2.04. The maximum Gasteiger partial charge on any atom is 0.269 e. The van der Waals surface area contributed by atoms with Gasteiger partial charge < -0.3 is 11.1 Å². The lowest BCUT2D eigenvalue weighted by molar-refractivity contribution is 0.0991. The Labute approximate surface area is 120 Å². The number of benzene rings is 1. The number of primary amides is 1. The molecule has 7 heteroatoms. The molecule has 0 fully saturated rings. The lowest BCUT2D eigenvalue weighted by Gasteiger charge is -2.07. The molecule has 110 valence electrons. The molecule has 6 nitrogen and oxygen atoms in total. The third-order valence-electron chi connectivity index (χ3n) is 3.02. The number of nitrogens with zero attached hydrogens (tertiary/aromatic N) is 2. The number of hydrogen-bond donors (Lipinski definition) is 2. The summed E-state index contributed by atoms with van der Waals surface area (Å²) in [5.74, 6) is -2.01. The van der Waals surface area contributed by atoms with Gasteiger partial charge in [-0.1, -0.05) is 12.1 Å². The van der Waals surface area contributed by atoms with Gasteiger partial charge in [-0.25, -0.2) is 4.39 Å². The zero-order valence-electron chi connectivity index (χ0n) is 11.7. The Bertz CT molecular complexity index is 709. The monoisotopic (exact) mass is 290 g/mol. The van der Waals surface area contributed by atoms with Crippen LogP contribution >= 0.6 is 0 Å². The van der Waals surface area contributed by atoms with Crippen LogP contribution in [0.5, 0.6) is 0 Å². The summed E-state index contributed by atoms with van der Waals surface area (Å²) in [5.41, 5.74) is 5.95. The second kappa shape index (κ2) is 5.74. The molecule has 0 radical (unpaired) electrons. The quantitative estimate of drug-likeness (QED) is 0.898. The highest BCUT2D eigenvalue weighted by molar-refractivity contribution is 6.08. The maximum atomic E-state index is 13.6. The average Bonchev–Trinajstić information content (AvgIpc) is 2.75. The Hall–Kier alpha value is -2.70. The van der Waals surface area contributed by atoms with Gasteiger partial charge >= 0.3 is 0 Å². The van der Waals surface area contributed by atoms with Gasteiger partial charge in [-0.2, -0.15) is 5.10 Å². The lowest BCUT2D eigenvalue weighted by Crippen LogP contribution is -2.21. The van der Waals surface area contributed by atoms with Crippen LogP contribution in [0.25, 0.3) is 0 Å². The van der Waals surface area contributed by atoms with E-state index in [4.69, 9.17) is 5.73 Å². The summed E-state index contributed by atoms with van der Waals surface area (Å²) in [6.07, 6.45) is 0. The van der Waals surface area contributed by atoms with Crippen LogP contribution in [0, 0.1) is 12.7 Å². The van der Waals surface area contributed by atoms with Crippen molar-refractivity contribution in [1.29, 1.82) is 0 Å². The zero-order chi connectivity index (χ0) is 15.6. The van der Waals surface area contributed by atoms with Crippen molar-refractivity contribution in [2.24, 2.45) is 5.73 Å². The summed E-state index contributed by atoms with van der Waals surface area (Å²) in [7, 11) is 0. The van der Waals surface area contributed by atoms with Crippen molar-refractivity contribution in [2.75, 3.05) is 5.32 Å². The molecule has 0 spiro atoms. The normalized spacial score (nSPS) is 10.4. The molecule has 0 saturated heterocycles. The van der Waals surface area contributed by atoms with Gasteiger partial charge in [0.1, 0.15) is 11.5 Å². The largest absolute Gasteiger partial charge is 0.364 e.